The third-order valence-corrected chi connectivity index (χ3v) is 4.28. The predicted octanol–water partition coefficient (Wildman–Crippen LogP) is 1.72. The zero-order valence-corrected chi connectivity index (χ0v) is 13.8. The smallest absolute Gasteiger partial charge is 0.271 e. The van der Waals surface area contributed by atoms with Gasteiger partial charge in [-0.15, -0.1) is 0 Å². The molecule has 2 aromatic heterocycles. The highest BCUT2D eigenvalue weighted by molar-refractivity contribution is 5.93. The normalized spacial score (nSPS) is 16.1. The Bertz CT molecular complexity index is 889. The maximum absolute atomic E-state index is 12.3. The van der Waals surface area contributed by atoms with Gasteiger partial charge in [0.2, 0.25) is 0 Å². The van der Waals surface area contributed by atoms with Crippen LogP contribution in [0, 0.1) is 5.92 Å². The van der Waals surface area contributed by atoms with Gasteiger partial charge in [0, 0.05) is 37.0 Å². The summed E-state index contributed by atoms with van der Waals surface area (Å²) in [6.07, 6.45) is 4.29. The topological polar surface area (TPSA) is 77.8 Å². The Balaban J connectivity index is 1.39. The highest BCUT2D eigenvalue weighted by atomic mass is 16.5. The van der Waals surface area contributed by atoms with E-state index in [1.54, 1.807) is 36.2 Å². The summed E-state index contributed by atoms with van der Waals surface area (Å²) in [6.45, 7) is 1.10. The van der Waals surface area contributed by atoms with Crippen molar-refractivity contribution in [3.63, 3.8) is 0 Å². The molecule has 0 fully saturated rings. The van der Waals surface area contributed by atoms with Crippen LogP contribution in [0.25, 0.3) is 5.65 Å². The molecule has 3 heterocycles. The van der Waals surface area contributed by atoms with Crippen molar-refractivity contribution in [3.05, 3.63) is 54.0 Å². The Morgan fingerprint density at radius 1 is 1.44 bits per heavy atom. The van der Waals surface area contributed by atoms with Crippen molar-refractivity contribution in [1.82, 2.24) is 19.9 Å². The van der Waals surface area contributed by atoms with Crippen molar-refractivity contribution in [2.45, 2.75) is 6.42 Å². The van der Waals surface area contributed by atoms with E-state index < -0.39 is 0 Å². The van der Waals surface area contributed by atoms with E-state index in [9.17, 15) is 4.79 Å². The van der Waals surface area contributed by atoms with E-state index in [1.807, 2.05) is 18.2 Å². The molecule has 0 aliphatic carbocycles. The van der Waals surface area contributed by atoms with Crippen LogP contribution >= 0.6 is 0 Å². The molecule has 1 N–H and O–H groups in total. The fourth-order valence-electron chi connectivity index (χ4n) is 2.94. The summed E-state index contributed by atoms with van der Waals surface area (Å²) < 4.78 is 12.6. The highest BCUT2D eigenvalue weighted by Crippen LogP contribution is 2.30. The maximum atomic E-state index is 12.3. The van der Waals surface area contributed by atoms with Crippen LogP contribution in [0.2, 0.25) is 0 Å². The summed E-state index contributed by atoms with van der Waals surface area (Å²) >= 11 is 0. The molecule has 1 aliphatic rings. The van der Waals surface area contributed by atoms with Crippen molar-refractivity contribution in [1.29, 1.82) is 0 Å². The fraction of sp³-hybridized carbons (Fsp3) is 0.278. The maximum Gasteiger partial charge on any atom is 0.271 e. The van der Waals surface area contributed by atoms with Gasteiger partial charge in [0.05, 0.1) is 13.7 Å². The molecule has 0 unspecified atom stereocenters. The number of hydrogen-bond donors (Lipinski definition) is 1. The van der Waals surface area contributed by atoms with Crippen LogP contribution in [0.1, 0.15) is 16.1 Å². The third-order valence-electron chi connectivity index (χ3n) is 4.28. The van der Waals surface area contributed by atoms with E-state index in [0.717, 1.165) is 23.5 Å². The molecular weight excluding hydrogens is 320 g/mol. The molecule has 0 bridgehead atoms. The molecule has 3 aromatic rings. The van der Waals surface area contributed by atoms with Crippen LogP contribution < -0.4 is 14.8 Å². The Kier molecular flexibility index (Phi) is 3.97. The Labute approximate surface area is 144 Å². The minimum atomic E-state index is -0.203. The molecule has 1 atom stereocenters. The van der Waals surface area contributed by atoms with Crippen LogP contribution in [0.5, 0.6) is 11.5 Å². The molecule has 25 heavy (non-hydrogen) atoms. The van der Waals surface area contributed by atoms with Crippen molar-refractivity contribution in [2.75, 3.05) is 20.3 Å². The van der Waals surface area contributed by atoms with Crippen LogP contribution in [-0.4, -0.2) is 40.8 Å². The van der Waals surface area contributed by atoms with E-state index in [2.05, 4.69) is 15.4 Å². The fourth-order valence-corrected chi connectivity index (χ4v) is 2.94. The molecule has 0 radical (unpaired) electrons. The summed E-state index contributed by atoms with van der Waals surface area (Å²) in [6, 6.07) is 9.28. The van der Waals surface area contributed by atoms with Gasteiger partial charge in [-0.3, -0.25) is 4.79 Å². The molecule has 0 saturated carbocycles. The number of carbonyl (C=O) groups is 1. The quantitative estimate of drug-likeness (QED) is 0.784. The van der Waals surface area contributed by atoms with Crippen molar-refractivity contribution < 1.29 is 14.3 Å². The van der Waals surface area contributed by atoms with Gasteiger partial charge in [-0.1, -0.05) is 6.07 Å². The van der Waals surface area contributed by atoms with Crippen molar-refractivity contribution >= 4 is 11.6 Å². The molecule has 128 valence electrons. The number of nitrogens with one attached hydrogen (secondary N) is 1. The average Bonchev–Trinajstić information content (AvgIpc) is 3.10. The molecule has 4 rings (SSSR count). The Hall–Kier alpha value is -3.09. The molecule has 7 heteroatoms. The number of rotatable bonds is 4. The van der Waals surface area contributed by atoms with E-state index in [1.165, 1.54) is 0 Å². The van der Waals surface area contributed by atoms with Crippen LogP contribution in [0.15, 0.2) is 42.7 Å². The van der Waals surface area contributed by atoms with Crippen LogP contribution in [-0.2, 0) is 6.42 Å². The average molecular weight is 338 g/mol. The number of benzene rings is 1. The first-order valence-electron chi connectivity index (χ1n) is 8.11. The first kappa shape index (κ1) is 15.4. The number of carbonyl (C=O) groups excluding carboxylic acids is 1. The summed E-state index contributed by atoms with van der Waals surface area (Å²) in [5.41, 5.74) is 2.14. The monoisotopic (exact) mass is 338 g/mol. The third kappa shape index (κ3) is 3.13. The number of amides is 1. The van der Waals surface area contributed by atoms with Gasteiger partial charge >= 0.3 is 0 Å². The lowest BCUT2D eigenvalue weighted by atomic mass is 9.96. The van der Waals surface area contributed by atoms with Gasteiger partial charge in [-0.05, 0) is 24.1 Å². The van der Waals surface area contributed by atoms with Gasteiger partial charge in [0.1, 0.15) is 11.5 Å². The van der Waals surface area contributed by atoms with Crippen molar-refractivity contribution in [2.24, 2.45) is 5.92 Å². The second-order valence-electron chi connectivity index (χ2n) is 6.02. The van der Waals surface area contributed by atoms with E-state index in [4.69, 9.17) is 9.47 Å². The molecule has 0 spiro atoms. The number of methoxy groups -OCH3 is 1. The van der Waals surface area contributed by atoms with E-state index in [0.29, 0.717) is 24.5 Å². The molecule has 7 nitrogen and oxygen atoms in total. The minimum absolute atomic E-state index is 0.203. The Morgan fingerprint density at radius 2 is 2.36 bits per heavy atom. The molecule has 0 saturated heterocycles. The lowest BCUT2D eigenvalue weighted by molar-refractivity contribution is 0.0933. The first-order chi connectivity index (χ1) is 12.2. The number of hydrogen-bond acceptors (Lipinski definition) is 5. The summed E-state index contributed by atoms with van der Waals surface area (Å²) in [4.78, 5) is 16.5. The van der Waals surface area contributed by atoms with Gasteiger partial charge in [-0.25, -0.2) is 9.50 Å². The lowest BCUT2D eigenvalue weighted by Gasteiger charge is -2.25. The molecule has 1 aromatic carbocycles. The molecule has 1 aliphatic heterocycles. The van der Waals surface area contributed by atoms with Gasteiger partial charge in [-0.2, -0.15) is 5.10 Å². The van der Waals surface area contributed by atoms with Gasteiger partial charge in [0.15, 0.2) is 11.3 Å². The van der Waals surface area contributed by atoms with Crippen LogP contribution in [0.4, 0.5) is 0 Å². The molecular formula is C18H18N4O3. The summed E-state index contributed by atoms with van der Waals surface area (Å²) in [5, 5.41) is 7.16. The highest BCUT2D eigenvalue weighted by Gasteiger charge is 2.21. The zero-order chi connectivity index (χ0) is 17.2. The predicted molar refractivity (Wildman–Crippen MR) is 91.0 cm³/mol. The minimum Gasteiger partial charge on any atom is -0.497 e. The first-order valence-corrected chi connectivity index (χ1v) is 8.11. The summed E-state index contributed by atoms with van der Waals surface area (Å²) in [5.74, 6) is 1.66. The standard InChI is InChI=1S/C18H18N4O3/c1-24-14-4-3-13-7-12(11-25-16(13)8-14)10-20-18(23)15-9-17-19-5-2-6-22(17)21-15/h2-6,8-9,12H,7,10-11H2,1H3,(H,20,23)/t12-/m1/s1. The molecule has 1 amide bonds. The largest absolute Gasteiger partial charge is 0.497 e. The second-order valence-corrected chi connectivity index (χ2v) is 6.02. The summed E-state index contributed by atoms with van der Waals surface area (Å²) in [7, 11) is 1.64. The number of ether oxygens (including phenoxy) is 2. The van der Waals surface area contributed by atoms with E-state index >= 15 is 0 Å². The SMILES string of the molecule is COc1ccc2c(c1)OC[C@@H](CNC(=O)c1cc3ncccn3n1)C2. The van der Waals surface area contributed by atoms with Gasteiger partial charge < -0.3 is 14.8 Å². The second kappa shape index (κ2) is 6.43. The van der Waals surface area contributed by atoms with E-state index in [-0.39, 0.29) is 11.8 Å². The lowest BCUT2D eigenvalue weighted by Crippen LogP contribution is -2.35. The van der Waals surface area contributed by atoms with Crippen LogP contribution in [0.3, 0.4) is 0 Å². The number of nitrogens with zero attached hydrogens (tertiary/aromatic N) is 3. The number of fused-ring (bicyclic) bond motifs is 2. The van der Waals surface area contributed by atoms with Crippen molar-refractivity contribution in [3.8, 4) is 11.5 Å². The van der Waals surface area contributed by atoms with Gasteiger partial charge in [0.25, 0.3) is 5.91 Å². The number of aromatic nitrogens is 3. The zero-order valence-electron chi connectivity index (χ0n) is 13.8. The Morgan fingerprint density at radius 3 is 3.20 bits per heavy atom.